The Labute approximate surface area is 154 Å². The van der Waals surface area contributed by atoms with Crippen molar-refractivity contribution < 1.29 is 18.8 Å². The smallest absolute Gasteiger partial charge is 0.286 e. The van der Waals surface area contributed by atoms with Crippen LogP contribution in [0, 0.1) is 5.82 Å². The first-order valence-electron chi connectivity index (χ1n) is 7.56. The van der Waals surface area contributed by atoms with Gasteiger partial charge in [0.15, 0.2) is 5.17 Å². The van der Waals surface area contributed by atoms with Crippen LogP contribution >= 0.6 is 23.8 Å². The van der Waals surface area contributed by atoms with Crippen molar-refractivity contribution in [2.75, 3.05) is 39.5 Å². The van der Waals surface area contributed by atoms with E-state index in [1.54, 1.807) is 6.26 Å². The summed E-state index contributed by atoms with van der Waals surface area (Å²) in [5.41, 5.74) is 0.283. The molecule has 2 aliphatic heterocycles. The van der Waals surface area contributed by atoms with E-state index in [0.29, 0.717) is 10.1 Å². The fourth-order valence-corrected chi connectivity index (χ4v) is 3.27. The lowest BCUT2D eigenvalue weighted by Gasteiger charge is -2.32. The van der Waals surface area contributed by atoms with Crippen LogP contribution in [0.15, 0.2) is 28.1 Å². The Hall–Kier alpha value is -1.55. The van der Waals surface area contributed by atoms with Crippen LogP contribution in [-0.2, 0) is 4.79 Å². The first-order valence-corrected chi connectivity index (χ1v) is 9.56. The van der Waals surface area contributed by atoms with Crippen molar-refractivity contribution in [1.29, 1.82) is 0 Å². The van der Waals surface area contributed by atoms with Crippen LogP contribution < -0.4 is 0 Å². The molecule has 3 rings (SSSR count). The number of thioether (sulfide) groups is 1. The number of rotatable bonds is 1. The molecule has 1 aromatic carbocycles. The standard InChI is InChI=1S/C15H16FN3O2S.CH4OS/c1-18-4-6-19(7-5-18)15-17-14(21)13(22-15)9-10-8-11(16)2-3-12(10)20;1-3-2/h2-3,8-9,20H,4-7H2,1H3;2H,1H3/b13-9-;. The van der Waals surface area contributed by atoms with Gasteiger partial charge in [0.2, 0.25) is 0 Å². The predicted molar refractivity (Wildman–Crippen MR) is 101 cm³/mol. The summed E-state index contributed by atoms with van der Waals surface area (Å²) in [6, 6.07) is 3.64. The number of carbonyl (C=O) groups is 1. The molecule has 0 unspecified atom stereocenters. The fraction of sp³-hybridized carbons (Fsp3) is 0.375. The van der Waals surface area contributed by atoms with E-state index in [1.807, 2.05) is 0 Å². The van der Waals surface area contributed by atoms with Gasteiger partial charge in [-0.05, 0) is 55.1 Å². The number of nitrogens with zero attached hydrogens (tertiary/aromatic N) is 3. The van der Waals surface area contributed by atoms with Crippen LogP contribution in [-0.4, -0.2) is 70.0 Å². The number of phenolic OH excluding ortho intramolecular Hbond substituents is 1. The van der Waals surface area contributed by atoms with E-state index in [-0.39, 0.29) is 17.2 Å². The van der Waals surface area contributed by atoms with Gasteiger partial charge in [0.1, 0.15) is 11.6 Å². The number of phenols is 1. The zero-order chi connectivity index (χ0) is 18.4. The van der Waals surface area contributed by atoms with Gasteiger partial charge in [-0.3, -0.25) is 4.79 Å². The van der Waals surface area contributed by atoms with Crippen LogP contribution in [0.3, 0.4) is 0 Å². The lowest BCUT2D eigenvalue weighted by molar-refractivity contribution is -0.113. The maximum absolute atomic E-state index is 13.2. The largest absolute Gasteiger partial charge is 0.507 e. The number of benzene rings is 1. The number of amides is 1. The lowest BCUT2D eigenvalue weighted by atomic mass is 10.2. The summed E-state index contributed by atoms with van der Waals surface area (Å²) in [7, 11) is 2.06. The van der Waals surface area contributed by atoms with Gasteiger partial charge in [0.25, 0.3) is 5.91 Å². The Morgan fingerprint density at radius 1 is 1.32 bits per heavy atom. The number of aliphatic imine (C=N–C) groups is 1. The molecule has 0 radical (unpaired) electrons. The molecule has 1 aromatic rings. The van der Waals surface area contributed by atoms with Crippen molar-refractivity contribution in [1.82, 2.24) is 9.80 Å². The molecular weight excluding hydrogens is 365 g/mol. The summed E-state index contributed by atoms with van der Waals surface area (Å²) in [6.07, 6.45) is 3.08. The first-order chi connectivity index (χ1) is 11.9. The minimum Gasteiger partial charge on any atom is -0.507 e. The number of likely N-dealkylation sites (N-methyl/N-ethyl adjacent to an activating group) is 1. The molecule has 2 aliphatic rings. The van der Waals surface area contributed by atoms with Crippen molar-refractivity contribution in [3.05, 3.63) is 34.5 Å². The number of hydrogen-bond acceptors (Lipinski definition) is 7. The van der Waals surface area contributed by atoms with E-state index < -0.39 is 5.82 Å². The summed E-state index contributed by atoms with van der Waals surface area (Å²) in [4.78, 5) is 20.8. The molecule has 1 amide bonds. The zero-order valence-corrected chi connectivity index (χ0v) is 15.6. The van der Waals surface area contributed by atoms with E-state index in [2.05, 4.69) is 21.8 Å². The van der Waals surface area contributed by atoms with Gasteiger partial charge < -0.3 is 19.5 Å². The number of aromatic hydroxyl groups is 1. The van der Waals surface area contributed by atoms with Gasteiger partial charge in [-0.2, -0.15) is 4.99 Å². The second-order valence-electron chi connectivity index (χ2n) is 5.49. The molecule has 1 saturated heterocycles. The van der Waals surface area contributed by atoms with Crippen LogP contribution in [0.4, 0.5) is 4.39 Å². The molecule has 25 heavy (non-hydrogen) atoms. The average molecular weight is 385 g/mol. The number of carbonyl (C=O) groups excluding carboxylic acids is 1. The minimum absolute atomic E-state index is 0.0599. The Morgan fingerprint density at radius 3 is 2.60 bits per heavy atom. The molecule has 0 bridgehead atoms. The van der Waals surface area contributed by atoms with E-state index in [0.717, 1.165) is 38.2 Å². The number of piperazine rings is 1. The highest BCUT2D eigenvalue weighted by molar-refractivity contribution is 8.18. The molecule has 0 atom stereocenters. The Kier molecular flexibility index (Phi) is 7.30. The molecule has 0 aromatic heterocycles. The predicted octanol–water partition coefficient (Wildman–Crippen LogP) is 2.57. The van der Waals surface area contributed by atoms with E-state index >= 15 is 0 Å². The quantitative estimate of drug-likeness (QED) is 0.568. The van der Waals surface area contributed by atoms with Gasteiger partial charge >= 0.3 is 0 Å². The molecule has 136 valence electrons. The maximum atomic E-state index is 13.2. The number of hydrogen-bond donors (Lipinski definition) is 2. The topological polar surface area (TPSA) is 76.4 Å². The van der Waals surface area contributed by atoms with Crippen molar-refractivity contribution in [3.63, 3.8) is 0 Å². The summed E-state index contributed by atoms with van der Waals surface area (Å²) in [5, 5.41) is 10.4. The number of halogens is 1. The molecule has 0 saturated carbocycles. The Balaban J connectivity index is 0.000000701. The lowest BCUT2D eigenvalue weighted by Crippen LogP contribution is -2.46. The fourth-order valence-electron chi connectivity index (χ4n) is 2.31. The highest BCUT2D eigenvalue weighted by Crippen LogP contribution is 2.32. The van der Waals surface area contributed by atoms with Crippen molar-refractivity contribution >= 4 is 41.0 Å². The van der Waals surface area contributed by atoms with E-state index in [1.165, 1.54) is 36.0 Å². The molecular formula is C16H20FN3O3S2. The average Bonchev–Trinajstić information content (AvgIpc) is 2.93. The third kappa shape index (κ3) is 5.46. The molecule has 2 N–H and O–H groups in total. The van der Waals surface area contributed by atoms with Gasteiger partial charge in [-0.1, -0.05) is 0 Å². The van der Waals surface area contributed by atoms with Gasteiger partial charge in [0, 0.05) is 38.0 Å². The van der Waals surface area contributed by atoms with Gasteiger partial charge in [-0.15, -0.1) is 0 Å². The molecule has 0 spiro atoms. The number of amidine groups is 1. The maximum Gasteiger partial charge on any atom is 0.286 e. The van der Waals surface area contributed by atoms with Crippen LogP contribution in [0.5, 0.6) is 5.75 Å². The van der Waals surface area contributed by atoms with Crippen LogP contribution in [0.25, 0.3) is 6.08 Å². The summed E-state index contributed by atoms with van der Waals surface area (Å²) >= 11 is 2.02. The van der Waals surface area contributed by atoms with Crippen molar-refractivity contribution in [3.8, 4) is 5.75 Å². The van der Waals surface area contributed by atoms with Gasteiger partial charge in [-0.25, -0.2) is 4.39 Å². The first kappa shape index (κ1) is 19.8. The SMILES string of the molecule is CN1CCN(C2=NC(=O)/C(=C/c3cc(F)ccc3O)S2)CC1.CSO. The Bertz CT molecular complexity index is 689. The van der Waals surface area contributed by atoms with Crippen LogP contribution in [0.2, 0.25) is 0 Å². The van der Waals surface area contributed by atoms with E-state index in [9.17, 15) is 14.3 Å². The molecule has 2 heterocycles. The van der Waals surface area contributed by atoms with Crippen molar-refractivity contribution in [2.45, 2.75) is 0 Å². The van der Waals surface area contributed by atoms with Crippen molar-refractivity contribution in [2.24, 2.45) is 4.99 Å². The summed E-state index contributed by atoms with van der Waals surface area (Å²) < 4.78 is 20.7. The molecule has 9 heteroatoms. The molecule has 1 fully saturated rings. The second kappa shape index (κ2) is 9.23. The third-order valence-electron chi connectivity index (χ3n) is 3.66. The minimum atomic E-state index is -0.458. The zero-order valence-electron chi connectivity index (χ0n) is 14.0. The Morgan fingerprint density at radius 2 is 1.96 bits per heavy atom. The summed E-state index contributed by atoms with van der Waals surface area (Å²) in [5.74, 6) is -0.863. The highest BCUT2D eigenvalue weighted by atomic mass is 32.2. The van der Waals surface area contributed by atoms with E-state index in [4.69, 9.17) is 4.55 Å². The third-order valence-corrected chi connectivity index (χ3v) is 4.70. The normalized spacial score (nSPS) is 19.7. The second-order valence-corrected chi connectivity index (χ2v) is 6.86. The molecule has 6 nitrogen and oxygen atoms in total. The summed E-state index contributed by atoms with van der Waals surface area (Å²) in [6.45, 7) is 3.51. The van der Waals surface area contributed by atoms with Crippen LogP contribution in [0.1, 0.15) is 5.56 Å². The monoisotopic (exact) mass is 385 g/mol. The van der Waals surface area contributed by atoms with Gasteiger partial charge in [0.05, 0.1) is 4.91 Å². The highest BCUT2D eigenvalue weighted by Gasteiger charge is 2.28. The molecule has 0 aliphatic carbocycles.